The quantitative estimate of drug-likeness (QED) is 0.821. The summed E-state index contributed by atoms with van der Waals surface area (Å²) in [7, 11) is 0. The zero-order valence-corrected chi connectivity index (χ0v) is 11.7. The summed E-state index contributed by atoms with van der Waals surface area (Å²) in [6.07, 6.45) is 4.37. The Hall–Kier alpha value is -0.770. The molecule has 0 unspecified atom stereocenters. The molecule has 0 aromatic carbocycles. The minimum absolute atomic E-state index is 0.120. The van der Waals surface area contributed by atoms with Gasteiger partial charge in [0.25, 0.3) is 0 Å². The van der Waals surface area contributed by atoms with Gasteiger partial charge in [-0.1, -0.05) is 13.8 Å². The molecule has 18 heavy (non-hydrogen) atoms. The molecule has 0 saturated carbocycles. The topological polar surface area (TPSA) is 41.6 Å². The van der Waals surface area contributed by atoms with E-state index < -0.39 is 0 Å². The van der Waals surface area contributed by atoms with E-state index in [-0.39, 0.29) is 11.4 Å². The molecule has 0 atom stereocenters. The number of carbonyl (C=O) groups is 1. The molecule has 0 aromatic rings. The second kappa shape index (κ2) is 5.91. The molecule has 2 amide bonds. The molecule has 2 rings (SSSR count). The van der Waals surface area contributed by atoms with Crippen LogP contribution < -0.4 is 5.32 Å². The molecule has 0 radical (unpaired) electrons. The average molecular weight is 254 g/mol. The number of amides is 2. The molecule has 0 aliphatic carbocycles. The van der Waals surface area contributed by atoms with E-state index in [1.807, 2.05) is 4.90 Å². The van der Waals surface area contributed by atoms with Gasteiger partial charge in [-0.05, 0) is 37.0 Å². The fourth-order valence-electron chi connectivity index (χ4n) is 2.65. The minimum Gasteiger partial charge on any atom is -0.381 e. The summed E-state index contributed by atoms with van der Waals surface area (Å²) in [4.78, 5) is 14.0. The van der Waals surface area contributed by atoms with E-state index in [4.69, 9.17) is 4.74 Å². The summed E-state index contributed by atoms with van der Waals surface area (Å²) in [6.45, 7) is 8.76. The van der Waals surface area contributed by atoms with E-state index in [0.29, 0.717) is 0 Å². The highest BCUT2D eigenvalue weighted by Gasteiger charge is 2.29. The van der Waals surface area contributed by atoms with Crippen molar-refractivity contribution < 1.29 is 9.53 Å². The molecular formula is C14H26N2O2. The predicted octanol–water partition coefficient (Wildman–Crippen LogP) is 2.24. The van der Waals surface area contributed by atoms with Crippen LogP contribution in [0.5, 0.6) is 0 Å². The van der Waals surface area contributed by atoms with Crippen molar-refractivity contribution in [3.63, 3.8) is 0 Å². The monoisotopic (exact) mass is 254 g/mol. The highest BCUT2D eigenvalue weighted by molar-refractivity contribution is 5.74. The number of urea groups is 1. The predicted molar refractivity (Wildman–Crippen MR) is 71.5 cm³/mol. The van der Waals surface area contributed by atoms with Gasteiger partial charge < -0.3 is 15.0 Å². The van der Waals surface area contributed by atoms with Gasteiger partial charge in [0.15, 0.2) is 0 Å². The van der Waals surface area contributed by atoms with E-state index in [1.165, 1.54) is 0 Å². The molecule has 2 fully saturated rings. The first-order valence-corrected chi connectivity index (χ1v) is 7.20. The van der Waals surface area contributed by atoms with Crippen LogP contribution in [0.15, 0.2) is 0 Å². The maximum absolute atomic E-state index is 12.1. The molecule has 4 heteroatoms. The lowest BCUT2D eigenvalue weighted by atomic mass is 9.82. The van der Waals surface area contributed by atoms with Crippen molar-refractivity contribution >= 4 is 6.03 Å². The van der Waals surface area contributed by atoms with E-state index in [2.05, 4.69) is 19.2 Å². The van der Waals surface area contributed by atoms with E-state index in [9.17, 15) is 4.79 Å². The number of carbonyl (C=O) groups excluding carboxylic acids is 1. The van der Waals surface area contributed by atoms with Gasteiger partial charge in [-0.25, -0.2) is 4.79 Å². The highest BCUT2D eigenvalue weighted by Crippen LogP contribution is 2.28. The van der Waals surface area contributed by atoms with Crippen molar-refractivity contribution in [1.29, 1.82) is 0 Å². The van der Waals surface area contributed by atoms with Crippen molar-refractivity contribution in [1.82, 2.24) is 10.2 Å². The molecule has 104 valence electrons. The molecule has 0 aromatic heterocycles. The van der Waals surface area contributed by atoms with Crippen molar-refractivity contribution in [2.24, 2.45) is 11.3 Å². The van der Waals surface area contributed by atoms with Gasteiger partial charge in [0.1, 0.15) is 0 Å². The maximum Gasteiger partial charge on any atom is 0.317 e. The Morgan fingerprint density at radius 1 is 1.33 bits per heavy atom. The molecular weight excluding hydrogens is 228 g/mol. The van der Waals surface area contributed by atoms with E-state index >= 15 is 0 Å². The molecule has 1 N–H and O–H groups in total. The number of hydrogen-bond donors (Lipinski definition) is 1. The number of hydrogen-bond acceptors (Lipinski definition) is 2. The summed E-state index contributed by atoms with van der Waals surface area (Å²) in [5.74, 6) is 0.766. The van der Waals surface area contributed by atoms with Crippen LogP contribution in [0.3, 0.4) is 0 Å². The second-order valence-electron chi connectivity index (χ2n) is 6.25. The third kappa shape index (κ3) is 3.61. The fraction of sp³-hybridized carbons (Fsp3) is 0.929. The Balaban J connectivity index is 1.74. The van der Waals surface area contributed by atoms with Crippen LogP contribution in [0, 0.1) is 11.3 Å². The number of nitrogens with one attached hydrogen (secondary N) is 1. The van der Waals surface area contributed by atoms with Crippen LogP contribution in [-0.2, 0) is 4.74 Å². The first-order chi connectivity index (χ1) is 8.59. The Bertz CT molecular complexity index is 280. The second-order valence-corrected chi connectivity index (χ2v) is 6.25. The van der Waals surface area contributed by atoms with Crippen LogP contribution in [0.25, 0.3) is 0 Å². The minimum atomic E-state index is 0.120. The first-order valence-electron chi connectivity index (χ1n) is 7.20. The Morgan fingerprint density at radius 2 is 1.94 bits per heavy atom. The normalized spacial score (nSPS) is 24.9. The van der Waals surface area contributed by atoms with Crippen molar-refractivity contribution in [3.8, 4) is 0 Å². The number of rotatable bonds is 2. The smallest absolute Gasteiger partial charge is 0.317 e. The first kappa shape index (κ1) is 13.7. The molecule has 2 saturated heterocycles. The molecule has 0 bridgehead atoms. The lowest BCUT2D eigenvalue weighted by Crippen LogP contribution is -2.47. The van der Waals surface area contributed by atoms with Gasteiger partial charge in [-0.3, -0.25) is 0 Å². The van der Waals surface area contributed by atoms with E-state index in [0.717, 1.165) is 64.4 Å². The summed E-state index contributed by atoms with van der Waals surface area (Å²) < 4.78 is 5.38. The Labute approximate surface area is 110 Å². The molecule has 2 aliphatic rings. The Kier molecular flexibility index (Phi) is 4.49. The van der Waals surface area contributed by atoms with Gasteiger partial charge in [-0.2, -0.15) is 0 Å². The molecule has 4 nitrogen and oxygen atoms in total. The van der Waals surface area contributed by atoms with Gasteiger partial charge in [0, 0.05) is 32.8 Å². The lowest BCUT2D eigenvalue weighted by molar-refractivity contribution is 0.0245. The largest absolute Gasteiger partial charge is 0.381 e. The van der Waals surface area contributed by atoms with Crippen LogP contribution >= 0.6 is 0 Å². The third-order valence-electron chi connectivity index (χ3n) is 4.44. The molecule has 2 aliphatic heterocycles. The van der Waals surface area contributed by atoms with Crippen molar-refractivity contribution in [2.75, 3.05) is 32.8 Å². The van der Waals surface area contributed by atoms with Gasteiger partial charge in [0.2, 0.25) is 0 Å². The zero-order valence-electron chi connectivity index (χ0n) is 11.7. The number of piperidine rings is 1. The van der Waals surface area contributed by atoms with Gasteiger partial charge in [0.05, 0.1) is 0 Å². The number of likely N-dealkylation sites (tertiary alicyclic amines) is 1. The SMILES string of the molecule is CC1CCN(C(=O)NCC2(C)CCOCC2)CC1. The average Bonchev–Trinajstić information content (AvgIpc) is 2.38. The summed E-state index contributed by atoms with van der Waals surface area (Å²) in [6, 6.07) is 0.120. The number of ether oxygens (including phenoxy) is 1. The third-order valence-corrected chi connectivity index (χ3v) is 4.44. The Morgan fingerprint density at radius 3 is 2.56 bits per heavy atom. The fourth-order valence-corrected chi connectivity index (χ4v) is 2.65. The van der Waals surface area contributed by atoms with Crippen LogP contribution in [0.2, 0.25) is 0 Å². The zero-order chi connectivity index (χ0) is 13.0. The van der Waals surface area contributed by atoms with Gasteiger partial charge >= 0.3 is 6.03 Å². The summed E-state index contributed by atoms with van der Waals surface area (Å²) in [5.41, 5.74) is 0.219. The van der Waals surface area contributed by atoms with Crippen LogP contribution in [-0.4, -0.2) is 43.8 Å². The summed E-state index contributed by atoms with van der Waals surface area (Å²) >= 11 is 0. The molecule has 2 heterocycles. The van der Waals surface area contributed by atoms with Crippen LogP contribution in [0.1, 0.15) is 39.5 Å². The van der Waals surface area contributed by atoms with Crippen molar-refractivity contribution in [2.45, 2.75) is 39.5 Å². The maximum atomic E-state index is 12.1. The number of nitrogens with zero attached hydrogens (tertiary/aromatic N) is 1. The van der Waals surface area contributed by atoms with E-state index in [1.54, 1.807) is 0 Å². The van der Waals surface area contributed by atoms with Crippen LogP contribution in [0.4, 0.5) is 4.79 Å². The summed E-state index contributed by atoms with van der Waals surface area (Å²) in [5, 5.41) is 3.11. The lowest BCUT2D eigenvalue weighted by Gasteiger charge is -2.35. The van der Waals surface area contributed by atoms with Gasteiger partial charge in [-0.15, -0.1) is 0 Å². The van der Waals surface area contributed by atoms with Crippen molar-refractivity contribution in [3.05, 3.63) is 0 Å². The molecule has 0 spiro atoms. The highest BCUT2D eigenvalue weighted by atomic mass is 16.5. The standard InChI is InChI=1S/C14H26N2O2/c1-12-3-7-16(8-4-12)13(17)15-11-14(2)5-9-18-10-6-14/h12H,3-11H2,1-2H3,(H,15,17).